The molecule has 13 heavy (non-hydrogen) atoms. The number of hydrogen-bond acceptors (Lipinski definition) is 3. The lowest BCUT2D eigenvalue weighted by Gasteiger charge is -2.08. The Balaban J connectivity index is 2.87. The number of rotatable bonds is 4. The molecule has 0 aliphatic carbocycles. The molecule has 3 nitrogen and oxygen atoms in total. The van der Waals surface area contributed by atoms with Crippen molar-refractivity contribution in [3.63, 3.8) is 0 Å². The molecule has 0 bridgehead atoms. The molecule has 0 spiro atoms. The van der Waals surface area contributed by atoms with Gasteiger partial charge in [0.25, 0.3) is 0 Å². The van der Waals surface area contributed by atoms with Gasteiger partial charge < -0.3 is 9.47 Å². The van der Waals surface area contributed by atoms with E-state index in [1.54, 1.807) is 25.3 Å². The quantitative estimate of drug-likeness (QED) is 0.523. The summed E-state index contributed by atoms with van der Waals surface area (Å²) in [6, 6.07) is 5.34. The lowest BCUT2D eigenvalue weighted by Crippen LogP contribution is -2.01. The van der Waals surface area contributed by atoms with Crippen molar-refractivity contribution in [3.8, 4) is 5.75 Å². The predicted octanol–water partition coefficient (Wildman–Crippen LogP) is 1.79. The Hall–Kier alpha value is -1.35. The fourth-order valence-corrected chi connectivity index (χ4v) is 1.04. The van der Waals surface area contributed by atoms with E-state index in [2.05, 4.69) is 0 Å². The van der Waals surface area contributed by atoms with E-state index in [1.807, 2.05) is 6.92 Å². The van der Waals surface area contributed by atoms with Crippen molar-refractivity contribution in [2.75, 3.05) is 13.9 Å². The Kier molecular flexibility index (Phi) is 3.46. The molecule has 3 heteroatoms. The van der Waals surface area contributed by atoms with Crippen LogP contribution in [0.2, 0.25) is 0 Å². The van der Waals surface area contributed by atoms with Gasteiger partial charge in [-0.05, 0) is 13.0 Å². The monoisotopic (exact) mass is 180 g/mol. The summed E-state index contributed by atoms with van der Waals surface area (Å²) in [5.41, 5.74) is 1.49. The third-order valence-electron chi connectivity index (χ3n) is 1.79. The second kappa shape index (κ2) is 4.62. The van der Waals surface area contributed by atoms with Crippen LogP contribution in [-0.4, -0.2) is 20.2 Å². The van der Waals surface area contributed by atoms with Crippen molar-refractivity contribution >= 4 is 6.29 Å². The van der Waals surface area contributed by atoms with Crippen LogP contribution in [0.15, 0.2) is 18.2 Å². The van der Waals surface area contributed by atoms with Gasteiger partial charge in [-0.3, -0.25) is 4.79 Å². The van der Waals surface area contributed by atoms with Gasteiger partial charge in [0.15, 0.2) is 6.79 Å². The van der Waals surface area contributed by atoms with Crippen molar-refractivity contribution < 1.29 is 14.3 Å². The molecule has 0 fully saturated rings. The van der Waals surface area contributed by atoms with Crippen molar-refractivity contribution in [2.45, 2.75) is 6.92 Å². The summed E-state index contributed by atoms with van der Waals surface area (Å²) < 4.78 is 10.0. The topological polar surface area (TPSA) is 35.5 Å². The summed E-state index contributed by atoms with van der Waals surface area (Å²) in [6.07, 6.45) is 0.814. The molecule has 1 rings (SSSR count). The average Bonchev–Trinajstić information content (AvgIpc) is 2.16. The molecule has 0 amide bonds. The molecule has 0 aromatic heterocycles. The van der Waals surface area contributed by atoms with Gasteiger partial charge in [-0.25, -0.2) is 0 Å². The number of aldehydes is 1. The predicted molar refractivity (Wildman–Crippen MR) is 49.1 cm³/mol. The van der Waals surface area contributed by atoms with Crippen LogP contribution in [-0.2, 0) is 4.74 Å². The van der Waals surface area contributed by atoms with Gasteiger partial charge in [0, 0.05) is 18.2 Å². The van der Waals surface area contributed by atoms with Crippen LogP contribution in [0.1, 0.15) is 15.9 Å². The lowest BCUT2D eigenvalue weighted by atomic mass is 10.1. The molecule has 0 heterocycles. The zero-order valence-corrected chi connectivity index (χ0v) is 7.74. The standard InChI is InChI=1S/C10H12O3/c1-8-9(6-11)4-3-5-10(8)13-7-12-2/h3-6H,7H2,1-2H3. The highest BCUT2D eigenvalue weighted by Crippen LogP contribution is 2.19. The van der Waals surface area contributed by atoms with Crippen LogP contribution in [0, 0.1) is 6.92 Å². The van der Waals surface area contributed by atoms with E-state index in [9.17, 15) is 4.79 Å². The number of carbonyl (C=O) groups excluding carboxylic acids is 1. The number of benzene rings is 1. The molecule has 0 aliphatic rings. The first kappa shape index (κ1) is 9.74. The van der Waals surface area contributed by atoms with E-state index in [0.29, 0.717) is 11.3 Å². The second-order valence-electron chi connectivity index (χ2n) is 2.64. The highest BCUT2D eigenvalue weighted by Gasteiger charge is 2.02. The SMILES string of the molecule is COCOc1cccc(C=O)c1C. The average molecular weight is 180 g/mol. The molecular formula is C10H12O3. The molecule has 0 unspecified atom stereocenters. The van der Waals surface area contributed by atoms with E-state index in [4.69, 9.17) is 9.47 Å². The minimum Gasteiger partial charge on any atom is -0.467 e. The smallest absolute Gasteiger partial charge is 0.188 e. The summed E-state index contributed by atoms with van der Waals surface area (Å²) in [6.45, 7) is 2.04. The van der Waals surface area contributed by atoms with E-state index >= 15 is 0 Å². The maximum atomic E-state index is 10.6. The third kappa shape index (κ3) is 2.29. The maximum Gasteiger partial charge on any atom is 0.188 e. The maximum absolute atomic E-state index is 10.6. The van der Waals surface area contributed by atoms with E-state index in [0.717, 1.165) is 11.8 Å². The molecule has 0 aliphatic heterocycles. The van der Waals surface area contributed by atoms with Crippen molar-refractivity contribution in [2.24, 2.45) is 0 Å². The number of hydrogen-bond donors (Lipinski definition) is 0. The number of methoxy groups -OCH3 is 1. The third-order valence-corrected chi connectivity index (χ3v) is 1.79. The summed E-state index contributed by atoms with van der Waals surface area (Å²) in [4.78, 5) is 10.6. The summed E-state index contributed by atoms with van der Waals surface area (Å²) in [7, 11) is 1.55. The van der Waals surface area contributed by atoms with Crippen LogP contribution in [0.4, 0.5) is 0 Å². The minimum absolute atomic E-state index is 0.198. The molecule has 1 aromatic carbocycles. The largest absolute Gasteiger partial charge is 0.467 e. The summed E-state index contributed by atoms with van der Waals surface area (Å²) >= 11 is 0. The molecule has 0 saturated carbocycles. The van der Waals surface area contributed by atoms with Gasteiger partial charge in [0.2, 0.25) is 0 Å². The van der Waals surface area contributed by atoms with Gasteiger partial charge >= 0.3 is 0 Å². The van der Waals surface area contributed by atoms with Gasteiger partial charge in [-0.15, -0.1) is 0 Å². The molecule has 0 N–H and O–H groups in total. The van der Waals surface area contributed by atoms with Crippen LogP contribution in [0.5, 0.6) is 5.75 Å². The van der Waals surface area contributed by atoms with Gasteiger partial charge in [0.1, 0.15) is 12.0 Å². The summed E-state index contributed by atoms with van der Waals surface area (Å²) in [5.74, 6) is 0.687. The van der Waals surface area contributed by atoms with E-state index in [-0.39, 0.29) is 6.79 Å². The minimum atomic E-state index is 0.198. The van der Waals surface area contributed by atoms with Crippen LogP contribution in [0.25, 0.3) is 0 Å². The van der Waals surface area contributed by atoms with E-state index in [1.165, 1.54) is 0 Å². The molecule has 0 atom stereocenters. The Morgan fingerprint density at radius 2 is 2.23 bits per heavy atom. The molecule has 0 radical (unpaired) electrons. The molecular weight excluding hydrogens is 168 g/mol. The fourth-order valence-electron chi connectivity index (χ4n) is 1.04. The van der Waals surface area contributed by atoms with Gasteiger partial charge in [-0.2, -0.15) is 0 Å². The fraction of sp³-hybridized carbons (Fsp3) is 0.300. The second-order valence-corrected chi connectivity index (χ2v) is 2.64. The zero-order chi connectivity index (χ0) is 9.68. The van der Waals surface area contributed by atoms with Crippen LogP contribution in [0.3, 0.4) is 0 Å². The Labute approximate surface area is 77.3 Å². The molecule has 1 aromatic rings. The highest BCUT2D eigenvalue weighted by molar-refractivity contribution is 5.78. The summed E-state index contributed by atoms with van der Waals surface area (Å²) in [5, 5.41) is 0. The highest BCUT2D eigenvalue weighted by atomic mass is 16.7. The van der Waals surface area contributed by atoms with Gasteiger partial charge in [0.05, 0.1) is 0 Å². The first-order chi connectivity index (χ1) is 6.29. The van der Waals surface area contributed by atoms with E-state index < -0.39 is 0 Å². The van der Waals surface area contributed by atoms with Crippen molar-refractivity contribution in [1.29, 1.82) is 0 Å². The first-order valence-corrected chi connectivity index (χ1v) is 3.96. The van der Waals surface area contributed by atoms with Gasteiger partial charge in [-0.1, -0.05) is 12.1 Å². The molecule has 70 valence electrons. The first-order valence-electron chi connectivity index (χ1n) is 3.96. The Bertz CT molecular complexity index is 294. The Morgan fingerprint density at radius 1 is 1.46 bits per heavy atom. The van der Waals surface area contributed by atoms with Crippen molar-refractivity contribution in [3.05, 3.63) is 29.3 Å². The number of ether oxygens (including phenoxy) is 2. The van der Waals surface area contributed by atoms with Crippen molar-refractivity contribution in [1.82, 2.24) is 0 Å². The van der Waals surface area contributed by atoms with Crippen LogP contribution < -0.4 is 4.74 Å². The zero-order valence-electron chi connectivity index (χ0n) is 7.74. The number of carbonyl (C=O) groups is 1. The lowest BCUT2D eigenvalue weighted by molar-refractivity contribution is 0.0505. The normalized spacial score (nSPS) is 9.69. The molecule has 0 saturated heterocycles. The Morgan fingerprint density at radius 3 is 2.85 bits per heavy atom. The van der Waals surface area contributed by atoms with Crippen LogP contribution >= 0.6 is 0 Å².